The highest BCUT2D eigenvalue weighted by atomic mass is 16.4. The maximum Gasteiger partial charge on any atom is 0.354 e. The minimum absolute atomic E-state index is 0.110. The molecule has 1 saturated carbocycles. The Morgan fingerprint density at radius 1 is 1.56 bits per heavy atom. The van der Waals surface area contributed by atoms with Gasteiger partial charge in [-0.1, -0.05) is 12.8 Å². The zero-order valence-corrected chi connectivity index (χ0v) is 11.0. The molecule has 2 N–H and O–H groups in total. The number of carboxylic acids is 1. The smallest absolute Gasteiger partial charge is 0.354 e. The van der Waals surface area contributed by atoms with Gasteiger partial charge in [0.2, 0.25) is 0 Å². The topological polar surface area (TPSA) is 67.2 Å². The first-order valence-electron chi connectivity index (χ1n) is 6.62. The number of aromatic nitrogens is 2. The van der Waals surface area contributed by atoms with E-state index in [-0.39, 0.29) is 11.7 Å². The summed E-state index contributed by atoms with van der Waals surface area (Å²) in [7, 11) is 0. The van der Waals surface area contributed by atoms with Crippen molar-refractivity contribution in [3.8, 4) is 0 Å². The molecule has 0 bridgehead atoms. The number of nitrogens with one attached hydrogen (secondary N) is 1. The molecule has 1 heterocycles. The second-order valence-corrected chi connectivity index (χ2v) is 5.19. The van der Waals surface area contributed by atoms with E-state index >= 15 is 0 Å². The fraction of sp³-hybridized carbons (Fsp3) is 0.692. The number of rotatable bonds is 5. The molecule has 2 rings (SSSR count). The van der Waals surface area contributed by atoms with Gasteiger partial charge in [0.15, 0.2) is 0 Å². The molecule has 1 aliphatic rings. The normalized spacial score (nSPS) is 16.6. The van der Waals surface area contributed by atoms with E-state index in [9.17, 15) is 4.79 Å². The molecule has 0 spiro atoms. The SMILES string of the molecule is CC(C)n1c(C(=O)O)cnc1CNC1CCCC1. The quantitative estimate of drug-likeness (QED) is 0.841. The van der Waals surface area contributed by atoms with Crippen LogP contribution in [0.4, 0.5) is 0 Å². The van der Waals surface area contributed by atoms with Gasteiger partial charge >= 0.3 is 5.97 Å². The molecule has 18 heavy (non-hydrogen) atoms. The summed E-state index contributed by atoms with van der Waals surface area (Å²) in [5.74, 6) is -0.0994. The molecule has 0 radical (unpaired) electrons. The highest BCUT2D eigenvalue weighted by molar-refractivity contribution is 5.85. The largest absolute Gasteiger partial charge is 0.477 e. The van der Waals surface area contributed by atoms with Gasteiger partial charge in [0.05, 0.1) is 12.7 Å². The molecule has 100 valence electrons. The van der Waals surface area contributed by atoms with E-state index in [2.05, 4.69) is 10.3 Å². The summed E-state index contributed by atoms with van der Waals surface area (Å²) in [6, 6.07) is 0.676. The first-order valence-corrected chi connectivity index (χ1v) is 6.62. The summed E-state index contributed by atoms with van der Waals surface area (Å²) in [6.07, 6.45) is 6.46. The van der Waals surface area contributed by atoms with Gasteiger partial charge in [0.25, 0.3) is 0 Å². The lowest BCUT2D eigenvalue weighted by Crippen LogP contribution is -2.27. The van der Waals surface area contributed by atoms with Crippen LogP contribution in [-0.4, -0.2) is 26.7 Å². The lowest BCUT2D eigenvalue weighted by Gasteiger charge is -2.16. The molecular formula is C13H21N3O2. The van der Waals surface area contributed by atoms with Crippen LogP contribution < -0.4 is 5.32 Å². The zero-order chi connectivity index (χ0) is 13.1. The van der Waals surface area contributed by atoms with E-state index in [1.54, 1.807) is 4.57 Å². The molecule has 1 aromatic rings. The Morgan fingerprint density at radius 3 is 2.78 bits per heavy atom. The molecule has 1 aliphatic carbocycles. The molecule has 0 saturated heterocycles. The summed E-state index contributed by atoms with van der Waals surface area (Å²) >= 11 is 0. The van der Waals surface area contributed by atoms with Gasteiger partial charge in [-0.25, -0.2) is 9.78 Å². The van der Waals surface area contributed by atoms with E-state index in [1.807, 2.05) is 13.8 Å². The molecule has 0 aliphatic heterocycles. The Balaban J connectivity index is 2.09. The van der Waals surface area contributed by atoms with Crippen molar-refractivity contribution >= 4 is 5.97 Å². The monoisotopic (exact) mass is 251 g/mol. The van der Waals surface area contributed by atoms with E-state index in [1.165, 1.54) is 31.9 Å². The van der Waals surface area contributed by atoms with Gasteiger partial charge in [-0.05, 0) is 26.7 Å². The maximum atomic E-state index is 11.1. The van der Waals surface area contributed by atoms with Gasteiger partial charge in [-0.2, -0.15) is 0 Å². The number of hydrogen-bond acceptors (Lipinski definition) is 3. The van der Waals surface area contributed by atoms with Crippen molar-refractivity contribution in [3.63, 3.8) is 0 Å². The average molecular weight is 251 g/mol. The van der Waals surface area contributed by atoms with Crippen LogP contribution >= 0.6 is 0 Å². The maximum absolute atomic E-state index is 11.1. The average Bonchev–Trinajstić information content (AvgIpc) is 2.95. The fourth-order valence-corrected chi connectivity index (χ4v) is 2.63. The van der Waals surface area contributed by atoms with Crippen molar-refractivity contribution in [2.45, 2.75) is 58.2 Å². The number of aromatic carboxylic acids is 1. The lowest BCUT2D eigenvalue weighted by molar-refractivity contribution is 0.0683. The third kappa shape index (κ3) is 2.72. The first kappa shape index (κ1) is 13.1. The number of imidazole rings is 1. The van der Waals surface area contributed by atoms with Crippen molar-refractivity contribution in [2.75, 3.05) is 0 Å². The minimum atomic E-state index is -0.914. The highest BCUT2D eigenvalue weighted by Crippen LogP contribution is 2.19. The molecule has 1 fully saturated rings. The Morgan fingerprint density at radius 2 is 2.22 bits per heavy atom. The standard InChI is InChI=1S/C13H21N3O2/c1-9(2)16-11(13(17)18)7-15-12(16)8-14-10-5-3-4-6-10/h7,9-10,14H,3-6,8H2,1-2H3,(H,17,18). The van der Waals surface area contributed by atoms with Crippen molar-refractivity contribution < 1.29 is 9.90 Å². The van der Waals surface area contributed by atoms with E-state index < -0.39 is 5.97 Å². The van der Waals surface area contributed by atoms with Crippen molar-refractivity contribution in [2.24, 2.45) is 0 Å². The predicted molar refractivity (Wildman–Crippen MR) is 68.7 cm³/mol. The molecule has 5 heteroatoms. The van der Waals surface area contributed by atoms with Crippen LogP contribution in [0.1, 0.15) is 61.9 Å². The fourth-order valence-electron chi connectivity index (χ4n) is 2.63. The van der Waals surface area contributed by atoms with E-state index in [4.69, 9.17) is 5.11 Å². The Hall–Kier alpha value is -1.36. The summed E-state index contributed by atoms with van der Waals surface area (Å²) in [4.78, 5) is 15.4. The van der Waals surface area contributed by atoms with Gasteiger partial charge in [-0.3, -0.25) is 0 Å². The van der Waals surface area contributed by atoms with Crippen LogP contribution in [0.3, 0.4) is 0 Å². The molecular weight excluding hydrogens is 230 g/mol. The molecule has 5 nitrogen and oxygen atoms in total. The summed E-state index contributed by atoms with van der Waals surface area (Å²) in [6.45, 7) is 4.61. The van der Waals surface area contributed by atoms with Crippen molar-refractivity contribution in [1.29, 1.82) is 0 Å². The number of carboxylic acid groups (broad SMARTS) is 1. The third-order valence-electron chi connectivity index (χ3n) is 3.51. The van der Waals surface area contributed by atoms with Crippen LogP contribution in [0.5, 0.6) is 0 Å². The van der Waals surface area contributed by atoms with Crippen molar-refractivity contribution in [3.05, 3.63) is 17.7 Å². The van der Waals surface area contributed by atoms with Crippen LogP contribution in [0.2, 0.25) is 0 Å². The van der Waals surface area contributed by atoms with Crippen LogP contribution in [0.25, 0.3) is 0 Å². The van der Waals surface area contributed by atoms with Crippen molar-refractivity contribution in [1.82, 2.24) is 14.9 Å². The second-order valence-electron chi connectivity index (χ2n) is 5.19. The van der Waals surface area contributed by atoms with E-state index in [0.29, 0.717) is 12.6 Å². The van der Waals surface area contributed by atoms with Gasteiger partial charge in [0.1, 0.15) is 11.5 Å². The predicted octanol–water partition coefficient (Wildman–Crippen LogP) is 2.19. The first-order chi connectivity index (χ1) is 8.59. The lowest BCUT2D eigenvalue weighted by atomic mass is 10.2. The third-order valence-corrected chi connectivity index (χ3v) is 3.51. The molecule has 0 aromatic carbocycles. The minimum Gasteiger partial charge on any atom is -0.477 e. The Kier molecular flexibility index (Phi) is 4.01. The number of nitrogens with zero attached hydrogens (tertiary/aromatic N) is 2. The highest BCUT2D eigenvalue weighted by Gasteiger charge is 2.19. The van der Waals surface area contributed by atoms with Crippen LogP contribution in [0.15, 0.2) is 6.20 Å². The molecule has 0 amide bonds. The van der Waals surface area contributed by atoms with Gasteiger partial charge in [-0.15, -0.1) is 0 Å². The molecule has 0 atom stereocenters. The summed E-state index contributed by atoms with van der Waals surface area (Å²) in [5.41, 5.74) is 0.272. The van der Waals surface area contributed by atoms with Crippen LogP contribution in [0, 0.1) is 0 Å². The van der Waals surface area contributed by atoms with Gasteiger partial charge in [0, 0.05) is 12.1 Å². The summed E-state index contributed by atoms with van der Waals surface area (Å²) in [5, 5.41) is 12.6. The van der Waals surface area contributed by atoms with E-state index in [0.717, 1.165) is 5.82 Å². The second kappa shape index (κ2) is 5.52. The molecule has 0 unspecified atom stereocenters. The Labute approximate surface area is 107 Å². The number of hydrogen-bond donors (Lipinski definition) is 2. The van der Waals surface area contributed by atoms with Gasteiger partial charge < -0.3 is 15.0 Å². The summed E-state index contributed by atoms with van der Waals surface area (Å²) < 4.78 is 1.80. The zero-order valence-electron chi connectivity index (χ0n) is 11.0. The number of carbonyl (C=O) groups is 1. The van der Waals surface area contributed by atoms with Crippen LogP contribution in [-0.2, 0) is 6.54 Å². The molecule has 1 aromatic heterocycles. The Bertz CT molecular complexity index is 420.